The Morgan fingerprint density at radius 3 is 2.80 bits per heavy atom. The number of pyridine rings is 1. The Balaban J connectivity index is 1.92. The van der Waals surface area contributed by atoms with Crippen LogP contribution in [0.15, 0.2) is 12.3 Å². The Kier molecular flexibility index (Phi) is 3.94. The van der Waals surface area contributed by atoms with Crippen LogP contribution < -0.4 is 0 Å². The minimum atomic E-state index is 0.433. The summed E-state index contributed by atoms with van der Waals surface area (Å²) in [6.45, 7) is 7.64. The van der Waals surface area contributed by atoms with Crippen LogP contribution in [0.5, 0.6) is 0 Å². The molecule has 1 aliphatic heterocycles. The number of likely N-dealkylation sites (tertiary alicyclic amines) is 1. The number of alkyl halides is 1. The van der Waals surface area contributed by atoms with Gasteiger partial charge in [0.15, 0.2) is 5.65 Å². The molecule has 1 saturated heterocycles. The summed E-state index contributed by atoms with van der Waals surface area (Å²) in [6, 6.07) is 2.58. The van der Waals surface area contributed by atoms with Gasteiger partial charge in [-0.3, -0.25) is 4.90 Å². The van der Waals surface area contributed by atoms with Gasteiger partial charge < -0.3 is 4.57 Å². The molecule has 1 atom stereocenters. The lowest BCUT2D eigenvalue weighted by molar-refractivity contribution is 0.236. The highest BCUT2D eigenvalue weighted by Gasteiger charge is 2.21. The van der Waals surface area contributed by atoms with Gasteiger partial charge in [0.1, 0.15) is 11.3 Å². The number of halogens is 1. The molecule has 4 nitrogen and oxygen atoms in total. The zero-order chi connectivity index (χ0) is 14.1. The summed E-state index contributed by atoms with van der Waals surface area (Å²) in [7, 11) is 0. The molecule has 0 aromatic carbocycles. The molecule has 1 unspecified atom stereocenters. The molecule has 0 spiro atoms. The second kappa shape index (κ2) is 5.70. The minimum Gasteiger partial charge on any atom is -0.310 e. The van der Waals surface area contributed by atoms with Crippen LogP contribution in [-0.2, 0) is 12.4 Å². The molecule has 0 amide bonds. The van der Waals surface area contributed by atoms with E-state index in [0.717, 1.165) is 29.1 Å². The normalized spacial score (nSPS) is 17.9. The highest BCUT2D eigenvalue weighted by Crippen LogP contribution is 2.20. The predicted octanol–water partition coefficient (Wildman–Crippen LogP) is 2.96. The highest BCUT2D eigenvalue weighted by atomic mass is 35.5. The Labute approximate surface area is 124 Å². The molecule has 1 fully saturated rings. The van der Waals surface area contributed by atoms with E-state index in [1.807, 2.05) is 13.1 Å². The second-order valence-electron chi connectivity index (χ2n) is 5.72. The van der Waals surface area contributed by atoms with E-state index in [1.54, 1.807) is 0 Å². The lowest BCUT2D eigenvalue weighted by Crippen LogP contribution is -2.34. The number of rotatable bonds is 4. The van der Waals surface area contributed by atoms with Crippen molar-refractivity contribution in [2.45, 2.75) is 45.2 Å². The van der Waals surface area contributed by atoms with Gasteiger partial charge in [-0.2, -0.15) is 0 Å². The van der Waals surface area contributed by atoms with Crippen LogP contribution in [0, 0.1) is 6.92 Å². The van der Waals surface area contributed by atoms with Crippen LogP contribution in [0.25, 0.3) is 11.2 Å². The summed E-state index contributed by atoms with van der Waals surface area (Å²) < 4.78 is 2.19. The third kappa shape index (κ3) is 2.54. The summed E-state index contributed by atoms with van der Waals surface area (Å²) >= 11 is 6.06. The van der Waals surface area contributed by atoms with Gasteiger partial charge in [-0.15, -0.1) is 11.6 Å². The van der Waals surface area contributed by atoms with E-state index in [-0.39, 0.29) is 0 Å². The van der Waals surface area contributed by atoms with Crippen molar-refractivity contribution >= 4 is 22.8 Å². The molecular weight excluding hydrogens is 272 g/mol. The Morgan fingerprint density at radius 1 is 1.35 bits per heavy atom. The van der Waals surface area contributed by atoms with E-state index in [9.17, 15) is 0 Å². The van der Waals surface area contributed by atoms with Crippen LogP contribution in [-0.4, -0.2) is 38.6 Å². The second-order valence-corrected chi connectivity index (χ2v) is 5.99. The van der Waals surface area contributed by atoms with Crippen molar-refractivity contribution < 1.29 is 0 Å². The van der Waals surface area contributed by atoms with Gasteiger partial charge in [0.2, 0.25) is 0 Å². The first-order valence-corrected chi connectivity index (χ1v) is 7.84. The van der Waals surface area contributed by atoms with Crippen molar-refractivity contribution in [2.75, 3.05) is 13.1 Å². The van der Waals surface area contributed by atoms with Gasteiger partial charge in [0, 0.05) is 18.8 Å². The van der Waals surface area contributed by atoms with Gasteiger partial charge in [0.05, 0.1) is 5.88 Å². The van der Waals surface area contributed by atoms with Crippen molar-refractivity contribution in [1.29, 1.82) is 0 Å². The quantitative estimate of drug-likeness (QED) is 0.813. The number of fused-ring (bicyclic) bond motifs is 1. The summed E-state index contributed by atoms with van der Waals surface area (Å²) in [5.41, 5.74) is 3.04. The maximum Gasteiger partial charge on any atom is 0.160 e. The van der Waals surface area contributed by atoms with Crippen molar-refractivity contribution in [2.24, 2.45) is 0 Å². The standard InChI is InChI=1S/C15H21ClN4/c1-11-7-13-15(17-9-11)20(14(8-16)18-13)10-12(2)19-5-3-4-6-19/h7,9,12H,3-6,8,10H2,1-2H3. The molecule has 0 bridgehead atoms. The molecule has 3 heterocycles. The van der Waals surface area contributed by atoms with Crippen molar-refractivity contribution in [1.82, 2.24) is 19.4 Å². The molecule has 2 aromatic heterocycles. The predicted molar refractivity (Wildman–Crippen MR) is 82.1 cm³/mol. The number of aryl methyl sites for hydroxylation is 1. The summed E-state index contributed by atoms with van der Waals surface area (Å²) in [5, 5.41) is 0. The van der Waals surface area contributed by atoms with E-state index in [0.29, 0.717) is 11.9 Å². The maximum absolute atomic E-state index is 6.06. The van der Waals surface area contributed by atoms with Gasteiger partial charge in [-0.1, -0.05) is 0 Å². The SMILES string of the molecule is Cc1cnc2c(c1)nc(CCl)n2CC(C)N1CCCC1. The van der Waals surface area contributed by atoms with E-state index >= 15 is 0 Å². The first-order chi connectivity index (χ1) is 9.69. The number of hydrogen-bond donors (Lipinski definition) is 0. The molecule has 0 N–H and O–H groups in total. The third-order valence-electron chi connectivity index (χ3n) is 4.13. The zero-order valence-corrected chi connectivity index (χ0v) is 12.9. The zero-order valence-electron chi connectivity index (χ0n) is 12.1. The van der Waals surface area contributed by atoms with Crippen LogP contribution in [0.3, 0.4) is 0 Å². The molecule has 2 aromatic rings. The Hall–Kier alpha value is -1.13. The lowest BCUT2D eigenvalue weighted by atomic mass is 10.3. The number of nitrogens with zero attached hydrogens (tertiary/aromatic N) is 4. The van der Waals surface area contributed by atoms with Gasteiger partial charge >= 0.3 is 0 Å². The third-order valence-corrected chi connectivity index (χ3v) is 4.37. The summed E-state index contributed by atoms with van der Waals surface area (Å²) in [5.74, 6) is 1.35. The molecule has 0 saturated carbocycles. The van der Waals surface area contributed by atoms with Gasteiger partial charge in [-0.25, -0.2) is 9.97 Å². The average Bonchev–Trinajstić information content (AvgIpc) is 3.06. The van der Waals surface area contributed by atoms with E-state index in [1.165, 1.54) is 25.9 Å². The fraction of sp³-hybridized carbons (Fsp3) is 0.600. The molecule has 0 radical (unpaired) electrons. The fourth-order valence-electron chi connectivity index (χ4n) is 3.01. The van der Waals surface area contributed by atoms with Crippen LogP contribution in [0.1, 0.15) is 31.2 Å². The molecular formula is C15H21ClN4. The molecule has 108 valence electrons. The van der Waals surface area contributed by atoms with E-state index in [2.05, 4.69) is 32.4 Å². The largest absolute Gasteiger partial charge is 0.310 e. The smallest absolute Gasteiger partial charge is 0.160 e. The van der Waals surface area contributed by atoms with Gasteiger partial charge in [-0.05, 0) is 51.4 Å². The molecule has 5 heteroatoms. The number of imidazole rings is 1. The molecule has 1 aliphatic rings. The monoisotopic (exact) mass is 292 g/mol. The molecule has 3 rings (SSSR count). The highest BCUT2D eigenvalue weighted by molar-refractivity contribution is 6.16. The van der Waals surface area contributed by atoms with E-state index < -0.39 is 0 Å². The van der Waals surface area contributed by atoms with Crippen molar-refractivity contribution in [3.8, 4) is 0 Å². The van der Waals surface area contributed by atoms with Crippen LogP contribution >= 0.6 is 11.6 Å². The van der Waals surface area contributed by atoms with Crippen molar-refractivity contribution in [3.63, 3.8) is 0 Å². The first-order valence-electron chi connectivity index (χ1n) is 7.31. The average molecular weight is 293 g/mol. The number of aromatic nitrogens is 3. The number of hydrogen-bond acceptors (Lipinski definition) is 3. The van der Waals surface area contributed by atoms with Crippen LogP contribution in [0.4, 0.5) is 0 Å². The summed E-state index contributed by atoms with van der Waals surface area (Å²) in [4.78, 5) is 11.7. The Morgan fingerprint density at radius 2 is 2.10 bits per heavy atom. The summed E-state index contributed by atoms with van der Waals surface area (Å²) in [6.07, 6.45) is 4.53. The first kappa shape index (κ1) is 13.8. The molecule has 20 heavy (non-hydrogen) atoms. The fourth-order valence-corrected chi connectivity index (χ4v) is 3.22. The van der Waals surface area contributed by atoms with Crippen LogP contribution in [0.2, 0.25) is 0 Å². The topological polar surface area (TPSA) is 34.0 Å². The van der Waals surface area contributed by atoms with E-state index in [4.69, 9.17) is 11.6 Å². The van der Waals surface area contributed by atoms with Gasteiger partial charge in [0.25, 0.3) is 0 Å². The van der Waals surface area contributed by atoms with Crippen molar-refractivity contribution in [3.05, 3.63) is 23.7 Å². The Bertz CT molecular complexity index is 601. The lowest BCUT2D eigenvalue weighted by Gasteiger charge is -2.24. The minimum absolute atomic E-state index is 0.433. The maximum atomic E-state index is 6.06. The molecule has 0 aliphatic carbocycles.